The van der Waals surface area contributed by atoms with Gasteiger partial charge in [-0.2, -0.15) is 9.57 Å². The van der Waals surface area contributed by atoms with Crippen molar-refractivity contribution in [2.75, 3.05) is 37.8 Å². The van der Waals surface area contributed by atoms with Crippen LogP contribution >= 0.6 is 11.3 Å². The number of nitrogens with one attached hydrogen (secondary N) is 1. The van der Waals surface area contributed by atoms with E-state index >= 15 is 0 Å². The van der Waals surface area contributed by atoms with Crippen LogP contribution in [0.15, 0.2) is 36.4 Å². The minimum atomic E-state index is -3.27. The molecule has 34 heavy (non-hydrogen) atoms. The average molecular weight is 497 g/mol. The molecule has 2 aromatic heterocycles. The van der Waals surface area contributed by atoms with Gasteiger partial charge in [0.15, 0.2) is 5.13 Å². The SMILES string of the molecule is Cc1cc(-c2sc(NC(=O)N3CCN(S(C)(=O)=O)CC3)nc2-c2cccc(C#N)c2)cc(C)n1. The van der Waals surface area contributed by atoms with Crippen molar-refractivity contribution < 1.29 is 13.2 Å². The zero-order valence-electron chi connectivity index (χ0n) is 19.1. The number of nitriles is 1. The highest BCUT2D eigenvalue weighted by molar-refractivity contribution is 7.88. The maximum atomic E-state index is 12.9. The number of nitrogens with zero attached hydrogens (tertiary/aromatic N) is 5. The van der Waals surface area contributed by atoms with E-state index in [4.69, 9.17) is 4.98 Å². The Labute approximate surface area is 202 Å². The fourth-order valence-electron chi connectivity index (χ4n) is 3.86. The van der Waals surface area contributed by atoms with Crippen molar-refractivity contribution in [2.24, 2.45) is 0 Å². The molecule has 1 N–H and O–H groups in total. The highest BCUT2D eigenvalue weighted by Gasteiger charge is 2.27. The van der Waals surface area contributed by atoms with Gasteiger partial charge in [-0.05, 0) is 43.7 Å². The summed E-state index contributed by atoms with van der Waals surface area (Å²) in [6.07, 6.45) is 1.17. The fourth-order valence-corrected chi connectivity index (χ4v) is 5.65. The van der Waals surface area contributed by atoms with Gasteiger partial charge in [-0.1, -0.05) is 23.5 Å². The summed E-state index contributed by atoms with van der Waals surface area (Å²) in [5.41, 5.74) is 4.64. The number of carbonyl (C=O) groups excluding carboxylic acids is 1. The number of piperazine rings is 1. The van der Waals surface area contributed by atoms with Gasteiger partial charge in [-0.3, -0.25) is 10.3 Å². The lowest BCUT2D eigenvalue weighted by Crippen LogP contribution is -2.51. The summed E-state index contributed by atoms with van der Waals surface area (Å²) in [5.74, 6) is 0. The van der Waals surface area contributed by atoms with E-state index in [2.05, 4.69) is 16.4 Å². The van der Waals surface area contributed by atoms with Crippen LogP contribution in [0.4, 0.5) is 9.93 Å². The lowest BCUT2D eigenvalue weighted by molar-refractivity contribution is 0.184. The van der Waals surface area contributed by atoms with Gasteiger partial charge >= 0.3 is 6.03 Å². The molecule has 1 aromatic carbocycles. The molecule has 0 bridgehead atoms. The fraction of sp³-hybridized carbons (Fsp3) is 0.304. The van der Waals surface area contributed by atoms with Gasteiger partial charge in [0.1, 0.15) is 0 Å². The van der Waals surface area contributed by atoms with E-state index in [0.29, 0.717) is 29.5 Å². The Morgan fingerprint density at radius 3 is 2.35 bits per heavy atom. The van der Waals surface area contributed by atoms with E-state index in [-0.39, 0.29) is 19.1 Å². The van der Waals surface area contributed by atoms with Gasteiger partial charge in [0.05, 0.1) is 28.5 Å². The molecule has 2 amide bonds. The predicted molar refractivity (Wildman–Crippen MR) is 132 cm³/mol. The van der Waals surface area contributed by atoms with E-state index in [1.807, 2.05) is 32.0 Å². The number of aromatic nitrogens is 2. The molecule has 0 spiro atoms. The molecule has 1 aliphatic rings. The minimum Gasteiger partial charge on any atom is -0.322 e. The number of pyridine rings is 1. The topological polar surface area (TPSA) is 119 Å². The lowest BCUT2D eigenvalue weighted by atomic mass is 10.0. The third-order valence-corrected chi connectivity index (χ3v) is 7.77. The van der Waals surface area contributed by atoms with Gasteiger partial charge in [0.25, 0.3) is 0 Å². The van der Waals surface area contributed by atoms with E-state index < -0.39 is 10.0 Å². The minimum absolute atomic E-state index is 0.261. The number of carbonyl (C=O) groups is 1. The third kappa shape index (κ3) is 5.25. The molecule has 0 unspecified atom stereocenters. The Bertz CT molecular complexity index is 1370. The number of benzene rings is 1. The quantitative estimate of drug-likeness (QED) is 0.591. The molecular weight excluding hydrogens is 472 g/mol. The molecule has 4 rings (SSSR count). The van der Waals surface area contributed by atoms with E-state index in [1.54, 1.807) is 23.1 Å². The summed E-state index contributed by atoms with van der Waals surface area (Å²) >= 11 is 1.35. The van der Waals surface area contributed by atoms with Crippen molar-refractivity contribution in [1.29, 1.82) is 5.26 Å². The van der Waals surface area contributed by atoms with Crippen molar-refractivity contribution in [3.63, 3.8) is 0 Å². The first kappa shape index (κ1) is 23.8. The molecule has 0 radical (unpaired) electrons. The molecule has 1 fully saturated rings. The molecule has 11 heteroatoms. The van der Waals surface area contributed by atoms with Crippen molar-refractivity contribution in [2.45, 2.75) is 13.8 Å². The standard InChI is InChI=1S/C23H24N6O3S2/c1-15-11-19(12-16(2)25-15)21-20(18-6-4-5-17(13-18)14-24)26-22(33-21)27-23(30)28-7-9-29(10-8-28)34(3,31)32/h4-6,11-13H,7-10H2,1-3H3,(H,26,27,30). The highest BCUT2D eigenvalue weighted by atomic mass is 32.2. The van der Waals surface area contributed by atoms with Crippen LogP contribution in [0.1, 0.15) is 17.0 Å². The smallest absolute Gasteiger partial charge is 0.322 e. The zero-order valence-corrected chi connectivity index (χ0v) is 20.7. The first-order chi connectivity index (χ1) is 16.1. The number of sulfonamides is 1. The first-order valence-corrected chi connectivity index (χ1v) is 13.3. The summed E-state index contributed by atoms with van der Waals surface area (Å²) < 4.78 is 24.8. The third-order valence-electron chi connectivity index (χ3n) is 5.44. The molecule has 0 aliphatic carbocycles. The average Bonchev–Trinajstić information content (AvgIpc) is 3.22. The van der Waals surface area contributed by atoms with Gasteiger partial charge in [0, 0.05) is 43.1 Å². The van der Waals surface area contributed by atoms with Crippen molar-refractivity contribution >= 4 is 32.5 Å². The van der Waals surface area contributed by atoms with Gasteiger partial charge in [-0.25, -0.2) is 18.2 Å². The number of hydrogen-bond acceptors (Lipinski definition) is 7. The summed E-state index contributed by atoms with van der Waals surface area (Å²) in [6.45, 7) is 4.97. The second-order valence-electron chi connectivity index (χ2n) is 8.11. The van der Waals surface area contributed by atoms with Crippen LogP contribution in [0.3, 0.4) is 0 Å². The zero-order chi connectivity index (χ0) is 24.5. The Morgan fingerprint density at radius 2 is 1.74 bits per heavy atom. The van der Waals surface area contributed by atoms with E-state index in [9.17, 15) is 18.5 Å². The maximum absolute atomic E-state index is 12.9. The van der Waals surface area contributed by atoms with Crippen LogP contribution in [-0.4, -0.2) is 66.1 Å². The Morgan fingerprint density at radius 1 is 1.06 bits per heavy atom. The highest BCUT2D eigenvalue weighted by Crippen LogP contribution is 2.39. The molecule has 176 valence electrons. The number of rotatable bonds is 4. The number of aryl methyl sites for hydroxylation is 2. The summed E-state index contributed by atoms with van der Waals surface area (Å²) in [4.78, 5) is 24.5. The van der Waals surface area contributed by atoms with Gasteiger partial charge in [-0.15, -0.1) is 0 Å². The summed E-state index contributed by atoms with van der Waals surface area (Å²) in [7, 11) is -3.27. The van der Waals surface area contributed by atoms with Gasteiger partial charge < -0.3 is 4.90 Å². The normalized spacial score (nSPS) is 14.6. The number of amides is 2. The van der Waals surface area contributed by atoms with Crippen molar-refractivity contribution in [3.8, 4) is 27.8 Å². The van der Waals surface area contributed by atoms with Gasteiger partial charge in [0.2, 0.25) is 10.0 Å². The number of thiazole rings is 1. The van der Waals surface area contributed by atoms with Crippen LogP contribution in [0, 0.1) is 25.2 Å². The molecule has 0 saturated carbocycles. The Balaban J connectivity index is 1.64. The summed E-state index contributed by atoms with van der Waals surface area (Å²) in [6, 6.07) is 13.0. The second-order valence-corrected chi connectivity index (χ2v) is 11.1. The Hall–Kier alpha value is -3.33. The number of anilines is 1. The molecule has 1 aliphatic heterocycles. The van der Waals surface area contributed by atoms with Crippen molar-refractivity contribution in [3.05, 3.63) is 53.3 Å². The van der Waals surface area contributed by atoms with E-state index in [0.717, 1.165) is 27.4 Å². The molecular formula is C23H24N6O3S2. The molecule has 1 saturated heterocycles. The molecule has 9 nitrogen and oxygen atoms in total. The van der Waals surface area contributed by atoms with Crippen LogP contribution in [0.25, 0.3) is 21.7 Å². The molecule has 0 atom stereocenters. The van der Waals surface area contributed by atoms with E-state index in [1.165, 1.54) is 21.9 Å². The number of urea groups is 1. The Kier molecular flexibility index (Phi) is 6.65. The largest absolute Gasteiger partial charge is 0.323 e. The van der Waals surface area contributed by atoms with Crippen LogP contribution in [-0.2, 0) is 10.0 Å². The summed E-state index contributed by atoms with van der Waals surface area (Å²) in [5, 5.41) is 12.6. The van der Waals surface area contributed by atoms with Crippen LogP contribution in [0.5, 0.6) is 0 Å². The maximum Gasteiger partial charge on any atom is 0.323 e. The number of hydrogen-bond donors (Lipinski definition) is 1. The predicted octanol–water partition coefficient (Wildman–Crippen LogP) is 3.47. The molecule has 3 heterocycles. The van der Waals surface area contributed by atoms with Crippen LogP contribution < -0.4 is 5.32 Å². The monoisotopic (exact) mass is 496 g/mol. The molecule has 3 aromatic rings. The first-order valence-electron chi connectivity index (χ1n) is 10.6. The lowest BCUT2D eigenvalue weighted by Gasteiger charge is -2.32. The van der Waals surface area contributed by atoms with Crippen LogP contribution in [0.2, 0.25) is 0 Å². The second kappa shape index (κ2) is 9.50. The van der Waals surface area contributed by atoms with Crippen molar-refractivity contribution in [1.82, 2.24) is 19.2 Å².